The SMILES string of the molecule is O=C(NCCCc1ccccc1)Nc1ccco1. The summed E-state index contributed by atoms with van der Waals surface area (Å²) in [5.41, 5.74) is 1.28. The number of rotatable bonds is 5. The van der Waals surface area contributed by atoms with E-state index in [1.807, 2.05) is 18.2 Å². The fourth-order valence-electron chi connectivity index (χ4n) is 1.64. The Kier molecular flexibility index (Phi) is 4.41. The van der Waals surface area contributed by atoms with Gasteiger partial charge in [0, 0.05) is 12.6 Å². The number of aryl methyl sites for hydroxylation is 1. The molecule has 0 bridgehead atoms. The number of nitrogens with one attached hydrogen (secondary N) is 2. The van der Waals surface area contributed by atoms with Crippen LogP contribution in [0.3, 0.4) is 0 Å². The van der Waals surface area contributed by atoms with Crippen LogP contribution in [-0.2, 0) is 6.42 Å². The molecule has 1 aromatic carbocycles. The molecular weight excluding hydrogens is 228 g/mol. The molecule has 0 saturated heterocycles. The maximum Gasteiger partial charge on any atom is 0.321 e. The van der Waals surface area contributed by atoms with Crippen LogP contribution in [0.4, 0.5) is 10.7 Å². The van der Waals surface area contributed by atoms with E-state index in [-0.39, 0.29) is 6.03 Å². The third-order valence-corrected chi connectivity index (χ3v) is 2.53. The molecule has 0 spiro atoms. The van der Waals surface area contributed by atoms with Crippen LogP contribution in [0.15, 0.2) is 53.1 Å². The van der Waals surface area contributed by atoms with Crippen molar-refractivity contribution in [3.63, 3.8) is 0 Å². The van der Waals surface area contributed by atoms with E-state index in [4.69, 9.17) is 4.42 Å². The number of carbonyl (C=O) groups is 1. The van der Waals surface area contributed by atoms with Gasteiger partial charge in [0.2, 0.25) is 5.88 Å². The molecule has 4 nitrogen and oxygen atoms in total. The topological polar surface area (TPSA) is 54.3 Å². The van der Waals surface area contributed by atoms with Crippen LogP contribution in [0.2, 0.25) is 0 Å². The zero-order valence-electron chi connectivity index (χ0n) is 10.1. The number of furan rings is 1. The van der Waals surface area contributed by atoms with Crippen LogP contribution in [0.1, 0.15) is 12.0 Å². The molecular formula is C14H16N2O2. The van der Waals surface area contributed by atoms with E-state index in [2.05, 4.69) is 22.8 Å². The van der Waals surface area contributed by atoms with Gasteiger partial charge in [0.05, 0.1) is 6.26 Å². The summed E-state index contributed by atoms with van der Waals surface area (Å²) in [6.45, 7) is 0.640. The van der Waals surface area contributed by atoms with Gasteiger partial charge < -0.3 is 9.73 Å². The molecule has 0 fully saturated rings. The van der Waals surface area contributed by atoms with Gasteiger partial charge >= 0.3 is 6.03 Å². The van der Waals surface area contributed by atoms with Crippen LogP contribution in [0, 0.1) is 0 Å². The lowest BCUT2D eigenvalue weighted by molar-refractivity contribution is 0.251. The van der Waals surface area contributed by atoms with Gasteiger partial charge in [-0.25, -0.2) is 4.79 Å². The standard InChI is InChI=1S/C14H16N2O2/c17-14(16-13-9-5-11-18-13)15-10-4-8-12-6-2-1-3-7-12/h1-3,5-7,9,11H,4,8,10H2,(H2,15,16,17). The number of benzene rings is 1. The quantitative estimate of drug-likeness (QED) is 0.794. The lowest BCUT2D eigenvalue weighted by atomic mass is 10.1. The monoisotopic (exact) mass is 244 g/mol. The first-order chi connectivity index (χ1) is 8.84. The highest BCUT2D eigenvalue weighted by Crippen LogP contribution is 2.05. The lowest BCUT2D eigenvalue weighted by Gasteiger charge is -2.05. The molecule has 2 rings (SSSR count). The maximum absolute atomic E-state index is 11.4. The van der Waals surface area contributed by atoms with Gasteiger partial charge in [-0.2, -0.15) is 0 Å². The van der Waals surface area contributed by atoms with Gasteiger partial charge in [-0.1, -0.05) is 30.3 Å². The number of hydrogen-bond donors (Lipinski definition) is 2. The zero-order chi connectivity index (χ0) is 12.6. The first kappa shape index (κ1) is 12.2. The average Bonchev–Trinajstić information content (AvgIpc) is 2.89. The Morgan fingerprint density at radius 1 is 1.11 bits per heavy atom. The number of amides is 2. The second-order valence-corrected chi connectivity index (χ2v) is 3.95. The van der Waals surface area contributed by atoms with Crippen molar-refractivity contribution in [2.24, 2.45) is 0 Å². The minimum atomic E-state index is -0.238. The van der Waals surface area contributed by atoms with Crippen molar-refractivity contribution in [3.8, 4) is 0 Å². The second-order valence-electron chi connectivity index (χ2n) is 3.95. The summed E-state index contributed by atoms with van der Waals surface area (Å²) in [7, 11) is 0. The van der Waals surface area contributed by atoms with Gasteiger partial charge in [-0.05, 0) is 24.5 Å². The number of hydrogen-bond acceptors (Lipinski definition) is 2. The van der Waals surface area contributed by atoms with Crippen molar-refractivity contribution in [2.45, 2.75) is 12.8 Å². The number of carbonyl (C=O) groups excluding carboxylic acids is 1. The Balaban J connectivity index is 1.62. The highest BCUT2D eigenvalue weighted by atomic mass is 16.3. The van der Waals surface area contributed by atoms with Crippen molar-refractivity contribution >= 4 is 11.9 Å². The molecule has 0 saturated carbocycles. The summed E-state index contributed by atoms with van der Waals surface area (Å²) in [6, 6.07) is 13.4. The molecule has 1 aromatic heterocycles. The molecule has 0 aliphatic carbocycles. The summed E-state index contributed by atoms with van der Waals surface area (Å²) in [6.07, 6.45) is 3.39. The first-order valence-corrected chi connectivity index (χ1v) is 5.97. The summed E-state index contributed by atoms with van der Waals surface area (Å²) in [5.74, 6) is 0.454. The van der Waals surface area contributed by atoms with Crippen LogP contribution in [0.25, 0.3) is 0 Å². The van der Waals surface area contributed by atoms with E-state index in [1.165, 1.54) is 11.8 Å². The number of anilines is 1. The fraction of sp³-hybridized carbons (Fsp3) is 0.214. The Bertz CT molecular complexity index is 466. The number of urea groups is 1. The smallest absolute Gasteiger partial charge is 0.321 e. The van der Waals surface area contributed by atoms with Crippen molar-refractivity contribution in [2.75, 3.05) is 11.9 Å². The molecule has 94 valence electrons. The minimum Gasteiger partial charge on any atom is -0.449 e. The summed E-state index contributed by atoms with van der Waals surface area (Å²) in [4.78, 5) is 11.4. The Morgan fingerprint density at radius 2 is 1.94 bits per heavy atom. The van der Waals surface area contributed by atoms with Gasteiger partial charge in [-0.15, -0.1) is 0 Å². The highest BCUT2D eigenvalue weighted by molar-refractivity contribution is 5.87. The van der Waals surface area contributed by atoms with E-state index in [1.54, 1.807) is 12.1 Å². The average molecular weight is 244 g/mol. The van der Waals surface area contributed by atoms with Crippen LogP contribution >= 0.6 is 0 Å². The van der Waals surface area contributed by atoms with Gasteiger partial charge in [0.15, 0.2) is 0 Å². The lowest BCUT2D eigenvalue weighted by Crippen LogP contribution is -2.29. The molecule has 2 N–H and O–H groups in total. The molecule has 4 heteroatoms. The molecule has 1 heterocycles. The fourth-order valence-corrected chi connectivity index (χ4v) is 1.64. The van der Waals surface area contributed by atoms with Gasteiger partial charge in [-0.3, -0.25) is 5.32 Å². The molecule has 2 aromatic rings. The minimum absolute atomic E-state index is 0.238. The molecule has 0 aliphatic rings. The predicted molar refractivity (Wildman–Crippen MR) is 70.5 cm³/mol. The largest absolute Gasteiger partial charge is 0.449 e. The van der Waals surface area contributed by atoms with Crippen molar-refractivity contribution in [1.29, 1.82) is 0 Å². The summed E-state index contributed by atoms with van der Waals surface area (Å²) in [5, 5.41) is 5.39. The molecule has 2 amide bonds. The maximum atomic E-state index is 11.4. The third-order valence-electron chi connectivity index (χ3n) is 2.53. The first-order valence-electron chi connectivity index (χ1n) is 5.97. The van der Waals surface area contributed by atoms with E-state index < -0.39 is 0 Å². The summed E-state index contributed by atoms with van der Waals surface area (Å²) < 4.78 is 5.01. The van der Waals surface area contributed by atoms with Crippen LogP contribution in [0.5, 0.6) is 0 Å². The zero-order valence-corrected chi connectivity index (χ0v) is 10.1. The molecule has 0 radical (unpaired) electrons. The Labute approximate surface area is 106 Å². The summed E-state index contributed by atoms with van der Waals surface area (Å²) >= 11 is 0. The van der Waals surface area contributed by atoms with E-state index in [0.29, 0.717) is 12.4 Å². The van der Waals surface area contributed by atoms with Crippen molar-refractivity contribution in [3.05, 3.63) is 54.3 Å². The molecule has 0 aliphatic heterocycles. The normalized spacial score (nSPS) is 10.0. The van der Waals surface area contributed by atoms with Gasteiger partial charge in [0.25, 0.3) is 0 Å². The molecule has 18 heavy (non-hydrogen) atoms. The van der Waals surface area contributed by atoms with Gasteiger partial charge in [0.1, 0.15) is 0 Å². The van der Waals surface area contributed by atoms with Crippen LogP contribution in [-0.4, -0.2) is 12.6 Å². The third kappa shape index (κ3) is 3.97. The Morgan fingerprint density at radius 3 is 2.67 bits per heavy atom. The van der Waals surface area contributed by atoms with Crippen molar-refractivity contribution < 1.29 is 9.21 Å². The van der Waals surface area contributed by atoms with E-state index in [9.17, 15) is 4.79 Å². The second kappa shape index (κ2) is 6.49. The molecule has 0 atom stereocenters. The van der Waals surface area contributed by atoms with E-state index >= 15 is 0 Å². The Hall–Kier alpha value is -2.23. The predicted octanol–water partition coefficient (Wildman–Crippen LogP) is 3.03. The van der Waals surface area contributed by atoms with Crippen LogP contribution < -0.4 is 10.6 Å². The highest BCUT2D eigenvalue weighted by Gasteiger charge is 2.02. The molecule has 0 unspecified atom stereocenters. The van der Waals surface area contributed by atoms with Crippen molar-refractivity contribution in [1.82, 2.24) is 5.32 Å². The van der Waals surface area contributed by atoms with E-state index in [0.717, 1.165) is 12.8 Å².